The van der Waals surface area contributed by atoms with E-state index in [0.29, 0.717) is 0 Å². The Balaban J connectivity index is 2.64. The summed E-state index contributed by atoms with van der Waals surface area (Å²) in [6.45, 7) is 0. The van der Waals surface area contributed by atoms with Gasteiger partial charge in [-0.3, -0.25) is 4.79 Å². The molecule has 72 valence electrons. The zero-order chi connectivity index (χ0) is 10.4. The first-order valence-corrected chi connectivity index (χ1v) is 4.52. The van der Waals surface area contributed by atoms with Gasteiger partial charge in [0.15, 0.2) is 0 Å². The molecule has 0 aliphatic heterocycles. The Bertz CT molecular complexity index is 388. The molecule has 0 atom stereocenters. The number of carbonyl (C=O) groups excluding carboxylic acids is 1. The minimum atomic E-state index is -0.320. The van der Waals surface area contributed by atoms with Gasteiger partial charge in [0.05, 0.1) is 7.11 Å². The van der Waals surface area contributed by atoms with Crippen LogP contribution < -0.4 is 0 Å². The lowest BCUT2D eigenvalue weighted by atomic mass is 10.2. The molecule has 0 spiro atoms. The van der Waals surface area contributed by atoms with Gasteiger partial charge in [-0.2, -0.15) is 0 Å². The lowest BCUT2D eigenvalue weighted by molar-refractivity contribution is -0.139. The Kier molecular flexibility index (Phi) is 4.09. The van der Waals surface area contributed by atoms with E-state index in [-0.39, 0.29) is 12.4 Å². The molecule has 0 saturated carbocycles. The Hall–Kier alpha value is -1.40. The normalized spacial score (nSPS) is 8.71. The Labute approximate surface area is 88.7 Å². The number of methoxy groups -OCH3 is 1. The van der Waals surface area contributed by atoms with Gasteiger partial charge in [0.1, 0.15) is 6.42 Å². The molecule has 0 N–H and O–H groups in total. The summed E-state index contributed by atoms with van der Waals surface area (Å²) in [5, 5.41) is 0. The average molecular weight is 206 g/mol. The van der Waals surface area contributed by atoms with Crippen molar-refractivity contribution in [1.29, 1.82) is 0 Å². The molecule has 1 aromatic rings. The summed E-state index contributed by atoms with van der Waals surface area (Å²) in [5.74, 6) is 5.25. The van der Waals surface area contributed by atoms with Crippen molar-refractivity contribution in [3.63, 3.8) is 0 Å². The maximum atomic E-state index is 10.7. The fraction of sp³-hybridized carbons (Fsp3) is 0.182. The third-order valence-electron chi connectivity index (χ3n) is 1.54. The first-order chi connectivity index (χ1) is 6.72. The highest BCUT2D eigenvalue weighted by molar-refractivity contribution is 7.80. The van der Waals surface area contributed by atoms with E-state index in [1.54, 1.807) is 0 Å². The third-order valence-corrected chi connectivity index (χ3v) is 1.82. The number of rotatable bonds is 1. The SMILES string of the molecule is COC(=O)CC#Cc1cccc(S)c1. The number of hydrogen-bond acceptors (Lipinski definition) is 3. The summed E-state index contributed by atoms with van der Waals surface area (Å²) < 4.78 is 4.46. The van der Waals surface area contributed by atoms with E-state index in [1.807, 2.05) is 24.3 Å². The van der Waals surface area contributed by atoms with Crippen molar-refractivity contribution in [1.82, 2.24) is 0 Å². The topological polar surface area (TPSA) is 26.3 Å². The largest absolute Gasteiger partial charge is 0.468 e. The fourth-order valence-corrected chi connectivity index (χ4v) is 1.10. The second-order valence-electron chi connectivity index (χ2n) is 2.61. The average Bonchev–Trinajstić information content (AvgIpc) is 2.17. The van der Waals surface area contributed by atoms with Crippen LogP contribution in [0.1, 0.15) is 12.0 Å². The molecule has 3 heteroatoms. The quantitative estimate of drug-likeness (QED) is 0.431. The van der Waals surface area contributed by atoms with Crippen LogP contribution in [0.3, 0.4) is 0 Å². The van der Waals surface area contributed by atoms with Gasteiger partial charge in [-0.05, 0) is 18.2 Å². The van der Waals surface area contributed by atoms with Crippen LogP contribution in [-0.4, -0.2) is 13.1 Å². The first-order valence-electron chi connectivity index (χ1n) is 4.07. The van der Waals surface area contributed by atoms with Crippen LogP contribution in [0.25, 0.3) is 0 Å². The molecule has 0 aromatic heterocycles. The molecule has 2 nitrogen and oxygen atoms in total. The van der Waals surface area contributed by atoms with Crippen molar-refractivity contribution in [2.24, 2.45) is 0 Å². The predicted octanol–water partition coefficient (Wildman–Crippen LogP) is 1.89. The minimum Gasteiger partial charge on any atom is -0.468 e. The van der Waals surface area contributed by atoms with Crippen LogP contribution in [0.15, 0.2) is 29.2 Å². The van der Waals surface area contributed by atoms with Crippen molar-refractivity contribution >= 4 is 18.6 Å². The maximum Gasteiger partial charge on any atom is 0.317 e. The molecule has 1 rings (SSSR count). The number of ether oxygens (including phenoxy) is 1. The van der Waals surface area contributed by atoms with Gasteiger partial charge in [0.25, 0.3) is 0 Å². The minimum absolute atomic E-state index is 0.118. The molecular weight excluding hydrogens is 196 g/mol. The lowest BCUT2D eigenvalue weighted by Gasteiger charge is -1.92. The van der Waals surface area contributed by atoms with E-state index in [4.69, 9.17) is 0 Å². The van der Waals surface area contributed by atoms with E-state index in [9.17, 15) is 4.79 Å². The summed E-state index contributed by atoms with van der Waals surface area (Å²) >= 11 is 4.18. The predicted molar refractivity (Wildman–Crippen MR) is 57.2 cm³/mol. The summed E-state index contributed by atoms with van der Waals surface area (Å²) in [6.07, 6.45) is 0.118. The number of esters is 1. The number of carbonyl (C=O) groups is 1. The van der Waals surface area contributed by atoms with Gasteiger partial charge in [0, 0.05) is 10.5 Å². The second kappa shape index (κ2) is 5.36. The Morgan fingerprint density at radius 1 is 1.57 bits per heavy atom. The van der Waals surface area contributed by atoms with Gasteiger partial charge < -0.3 is 4.74 Å². The van der Waals surface area contributed by atoms with Crippen molar-refractivity contribution in [3.8, 4) is 11.8 Å². The van der Waals surface area contributed by atoms with Crippen LogP contribution in [-0.2, 0) is 9.53 Å². The van der Waals surface area contributed by atoms with Crippen molar-refractivity contribution in [2.75, 3.05) is 7.11 Å². The third kappa shape index (κ3) is 3.55. The molecule has 1 aromatic carbocycles. The summed E-state index contributed by atoms with van der Waals surface area (Å²) in [6, 6.07) is 7.44. The second-order valence-corrected chi connectivity index (χ2v) is 3.12. The zero-order valence-corrected chi connectivity index (χ0v) is 8.67. The maximum absolute atomic E-state index is 10.7. The molecule has 0 saturated heterocycles. The fourth-order valence-electron chi connectivity index (χ4n) is 0.874. The highest BCUT2D eigenvalue weighted by Gasteiger charge is 1.93. The zero-order valence-electron chi connectivity index (χ0n) is 7.78. The van der Waals surface area contributed by atoms with E-state index in [1.165, 1.54) is 7.11 Å². The van der Waals surface area contributed by atoms with Crippen molar-refractivity contribution in [2.45, 2.75) is 11.3 Å². The molecule has 0 radical (unpaired) electrons. The van der Waals surface area contributed by atoms with E-state index < -0.39 is 0 Å². The Morgan fingerprint density at radius 3 is 3.00 bits per heavy atom. The van der Waals surface area contributed by atoms with Gasteiger partial charge in [-0.25, -0.2) is 0 Å². The van der Waals surface area contributed by atoms with Crippen LogP contribution >= 0.6 is 12.6 Å². The smallest absolute Gasteiger partial charge is 0.317 e. The van der Waals surface area contributed by atoms with Gasteiger partial charge in [-0.15, -0.1) is 12.6 Å². The van der Waals surface area contributed by atoms with Crippen molar-refractivity contribution in [3.05, 3.63) is 29.8 Å². The van der Waals surface area contributed by atoms with Gasteiger partial charge in [0.2, 0.25) is 0 Å². The molecule has 14 heavy (non-hydrogen) atoms. The van der Waals surface area contributed by atoms with E-state index in [0.717, 1.165) is 10.5 Å². The van der Waals surface area contributed by atoms with Crippen molar-refractivity contribution < 1.29 is 9.53 Å². The van der Waals surface area contributed by atoms with Crippen LogP contribution in [0, 0.1) is 11.8 Å². The molecule has 0 bridgehead atoms. The summed E-state index contributed by atoms with van der Waals surface area (Å²) in [5.41, 5.74) is 0.849. The highest BCUT2D eigenvalue weighted by atomic mass is 32.1. The summed E-state index contributed by atoms with van der Waals surface area (Å²) in [7, 11) is 1.35. The van der Waals surface area contributed by atoms with Gasteiger partial charge >= 0.3 is 5.97 Å². The van der Waals surface area contributed by atoms with Gasteiger partial charge in [-0.1, -0.05) is 17.9 Å². The molecule has 0 heterocycles. The molecule has 0 aliphatic rings. The molecule has 0 aliphatic carbocycles. The highest BCUT2D eigenvalue weighted by Crippen LogP contribution is 2.07. The standard InChI is InChI=1S/C11H10O2S/c1-13-11(12)7-3-5-9-4-2-6-10(14)8-9/h2,4,6,8,14H,7H2,1H3. The lowest BCUT2D eigenvalue weighted by Crippen LogP contribution is -1.96. The van der Waals surface area contributed by atoms with E-state index >= 15 is 0 Å². The van der Waals surface area contributed by atoms with Crippen LogP contribution in [0.5, 0.6) is 0 Å². The number of thiol groups is 1. The number of hydrogen-bond donors (Lipinski definition) is 1. The monoisotopic (exact) mass is 206 g/mol. The first kappa shape index (κ1) is 10.7. The van der Waals surface area contributed by atoms with Crippen LogP contribution in [0.4, 0.5) is 0 Å². The Morgan fingerprint density at radius 2 is 2.36 bits per heavy atom. The van der Waals surface area contributed by atoms with Crippen LogP contribution in [0.2, 0.25) is 0 Å². The molecule has 0 amide bonds. The van der Waals surface area contributed by atoms with E-state index in [2.05, 4.69) is 29.2 Å². The molecular formula is C11H10O2S. The molecule has 0 fully saturated rings. The summed E-state index contributed by atoms with van der Waals surface area (Å²) in [4.78, 5) is 11.6. The number of benzene rings is 1. The molecule has 0 unspecified atom stereocenters.